The predicted octanol–water partition coefficient (Wildman–Crippen LogP) is 8.84. The van der Waals surface area contributed by atoms with E-state index in [1.54, 1.807) is 0 Å². The molecule has 0 atom stereocenters. The first kappa shape index (κ1) is 20.4. The summed E-state index contributed by atoms with van der Waals surface area (Å²) in [4.78, 5) is 0. The SMILES string of the molecule is BrCCCCCCCCCCn1c2cc(Br)ccc2c2ccc(Br)cc21. The second-order valence-electron chi connectivity index (χ2n) is 6.99. The summed E-state index contributed by atoms with van der Waals surface area (Å²) in [5.41, 5.74) is 2.67. The van der Waals surface area contributed by atoms with E-state index in [0.717, 1.165) is 20.8 Å². The van der Waals surface area contributed by atoms with Gasteiger partial charge in [0.2, 0.25) is 0 Å². The minimum absolute atomic E-state index is 1.09. The highest BCUT2D eigenvalue weighted by atomic mass is 79.9. The summed E-state index contributed by atoms with van der Waals surface area (Å²) in [7, 11) is 0. The first-order chi connectivity index (χ1) is 12.7. The van der Waals surface area contributed by atoms with Crippen LogP contribution in [-0.4, -0.2) is 9.90 Å². The van der Waals surface area contributed by atoms with Gasteiger partial charge >= 0.3 is 0 Å². The van der Waals surface area contributed by atoms with Gasteiger partial charge in [-0.2, -0.15) is 0 Å². The summed E-state index contributed by atoms with van der Waals surface area (Å²) in [6.45, 7) is 1.09. The summed E-state index contributed by atoms with van der Waals surface area (Å²) in [5, 5.41) is 3.85. The van der Waals surface area contributed by atoms with Gasteiger partial charge in [-0.25, -0.2) is 0 Å². The van der Waals surface area contributed by atoms with E-state index < -0.39 is 0 Å². The van der Waals surface area contributed by atoms with Gasteiger partial charge in [-0.1, -0.05) is 98.4 Å². The highest BCUT2D eigenvalue weighted by molar-refractivity contribution is 9.10. The Morgan fingerprint density at radius 1 is 0.615 bits per heavy atom. The van der Waals surface area contributed by atoms with Crippen molar-refractivity contribution in [1.29, 1.82) is 0 Å². The van der Waals surface area contributed by atoms with Gasteiger partial charge in [0.15, 0.2) is 0 Å². The Labute approximate surface area is 181 Å². The number of aryl methyl sites for hydroxylation is 1. The third-order valence-corrected chi connectivity index (χ3v) is 6.60. The van der Waals surface area contributed by atoms with E-state index in [0.29, 0.717) is 0 Å². The van der Waals surface area contributed by atoms with Crippen LogP contribution >= 0.6 is 47.8 Å². The second kappa shape index (κ2) is 10.3. The molecule has 1 heterocycles. The van der Waals surface area contributed by atoms with Crippen molar-refractivity contribution in [2.45, 2.75) is 57.9 Å². The summed E-state index contributed by atoms with van der Waals surface area (Å²) < 4.78 is 4.80. The smallest absolute Gasteiger partial charge is 0.0502 e. The number of halogens is 3. The van der Waals surface area contributed by atoms with Crippen LogP contribution in [0.1, 0.15) is 51.4 Å². The molecule has 0 bridgehead atoms. The zero-order chi connectivity index (χ0) is 18.4. The molecule has 0 fully saturated rings. The normalized spacial score (nSPS) is 11.7. The molecule has 0 radical (unpaired) electrons. The van der Waals surface area contributed by atoms with Crippen molar-refractivity contribution in [3.05, 3.63) is 45.3 Å². The fraction of sp³-hybridized carbons (Fsp3) is 0.455. The Morgan fingerprint density at radius 2 is 1.08 bits per heavy atom. The molecule has 4 heteroatoms. The maximum absolute atomic E-state index is 3.64. The summed E-state index contributed by atoms with van der Waals surface area (Å²) >= 11 is 10.8. The molecule has 0 aliphatic rings. The fourth-order valence-electron chi connectivity index (χ4n) is 3.71. The Balaban J connectivity index is 1.63. The fourth-order valence-corrected chi connectivity index (χ4v) is 4.80. The van der Waals surface area contributed by atoms with Crippen molar-refractivity contribution in [3.63, 3.8) is 0 Å². The van der Waals surface area contributed by atoms with Crippen LogP contribution in [-0.2, 0) is 6.54 Å². The van der Waals surface area contributed by atoms with Crippen LogP contribution in [0.2, 0.25) is 0 Å². The highest BCUT2D eigenvalue weighted by Crippen LogP contribution is 2.33. The largest absolute Gasteiger partial charge is 0.340 e. The van der Waals surface area contributed by atoms with Crippen molar-refractivity contribution < 1.29 is 0 Å². The molecule has 26 heavy (non-hydrogen) atoms. The molecule has 140 valence electrons. The zero-order valence-corrected chi connectivity index (χ0v) is 19.9. The highest BCUT2D eigenvalue weighted by Gasteiger charge is 2.11. The number of aromatic nitrogens is 1. The quantitative estimate of drug-likeness (QED) is 0.178. The molecule has 0 unspecified atom stereocenters. The first-order valence-electron chi connectivity index (χ1n) is 9.63. The number of unbranched alkanes of at least 4 members (excludes halogenated alkanes) is 7. The molecule has 3 aromatic rings. The number of benzene rings is 2. The number of hydrogen-bond donors (Lipinski definition) is 0. The van der Waals surface area contributed by atoms with Crippen molar-refractivity contribution in [2.75, 3.05) is 5.33 Å². The van der Waals surface area contributed by atoms with Crippen molar-refractivity contribution in [2.24, 2.45) is 0 Å². The summed E-state index contributed by atoms with van der Waals surface area (Å²) in [6.07, 6.45) is 10.8. The van der Waals surface area contributed by atoms with Crippen LogP contribution in [0.3, 0.4) is 0 Å². The Hall–Kier alpha value is -0.320. The average molecular weight is 544 g/mol. The lowest BCUT2D eigenvalue weighted by atomic mass is 10.1. The van der Waals surface area contributed by atoms with Gasteiger partial charge in [0.1, 0.15) is 0 Å². The van der Waals surface area contributed by atoms with Gasteiger partial charge in [0, 0.05) is 31.6 Å². The molecule has 2 aromatic carbocycles. The van der Waals surface area contributed by atoms with Crippen LogP contribution < -0.4 is 0 Å². The molecular weight excluding hydrogens is 518 g/mol. The van der Waals surface area contributed by atoms with Crippen molar-refractivity contribution >= 4 is 69.6 Å². The van der Waals surface area contributed by atoms with E-state index in [4.69, 9.17) is 0 Å². The lowest BCUT2D eigenvalue weighted by Gasteiger charge is -2.08. The van der Waals surface area contributed by atoms with Crippen LogP contribution in [0.5, 0.6) is 0 Å². The van der Waals surface area contributed by atoms with E-state index >= 15 is 0 Å². The van der Waals surface area contributed by atoms with Crippen LogP contribution in [0.15, 0.2) is 45.3 Å². The third-order valence-electron chi connectivity index (χ3n) is 5.06. The molecule has 0 aliphatic carbocycles. The van der Waals surface area contributed by atoms with E-state index in [-0.39, 0.29) is 0 Å². The monoisotopic (exact) mass is 541 g/mol. The third kappa shape index (κ3) is 5.14. The minimum atomic E-state index is 1.09. The van der Waals surface area contributed by atoms with E-state index in [9.17, 15) is 0 Å². The number of fused-ring (bicyclic) bond motifs is 3. The molecule has 0 N–H and O–H groups in total. The van der Waals surface area contributed by atoms with Gasteiger partial charge in [-0.3, -0.25) is 0 Å². The Bertz CT molecular complexity index is 794. The predicted molar refractivity (Wildman–Crippen MR) is 126 cm³/mol. The minimum Gasteiger partial charge on any atom is -0.340 e. The van der Waals surface area contributed by atoms with E-state index in [1.165, 1.54) is 73.2 Å². The zero-order valence-electron chi connectivity index (χ0n) is 15.1. The van der Waals surface area contributed by atoms with Crippen LogP contribution in [0, 0.1) is 0 Å². The van der Waals surface area contributed by atoms with Gasteiger partial charge in [-0.15, -0.1) is 0 Å². The molecule has 0 saturated carbocycles. The summed E-state index contributed by atoms with van der Waals surface area (Å²) in [5.74, 6) is 0. The summed E-state index contributed by atoms with van der Waals surface area (Å²) in [6, 6.07) is 13.3. The maximum Gasteiger partial charge on any atom is 0.0502 e. The number of hydrogen-bond acceptors (Lipinski definition) is 0. The molecule has 0 amide bonds. The van der Waals surface area contributed by atoms with Crippen LogP contribution in [0.4, 0.5) is 0 Å². The average Bonchev–Trinajstić information content (AvgIpc) is 2.92. The molecule has 3 rings (SSSR count). The Morgan fingerprint density at radius 3 is 1.58 bits per heavy atom. The number of rotatable bonds is 10. The van der Waals surface area contributed by atoms with E-state index in [2.05, 4.69) is 88.8 Å². The van der Waals surface area contributed by atoms with Crippen molar-refractivity contribution in [3.8, 4) is 0 Å². The number of alkyl halides is 1. The molecule has 1 nitrogen and oxygen atoms in total. The maximum atomic E-state index is 3.64. The molecule has 0 spiro atoms. The Kier molecular flexibility index (Phi) is 8.08. The van der Waals surface area contributed by atoms with Crippen molar-refractivity contribution in [1.82, 2.24) is 4.57 Å². The molecule has 0 aliphatic heterocycles. The molecule has 0 saturated heterocycles. The first-order valence-corrected chi connectivity index (χ1v) is 12.3. The topological polar surface area (TPSA) is 4.93 Å². The van der Waals surface area contributed by atoms with Gasteiger partial charge in [0.05, 0.1) is 11.0 Å². The van der Waals surface area contributed by atoms with Gasteiger partial charge < -0.3 is 4.57 Å². The van der Waals surface area contributed by atoms with Gasteiger partial charge in [0.25, 0.3) is 0 Å². The number of nitrogens with zero attached hydrogens (tertiary/aromatic N) is 1. The van der Waals surface area contributed by atoms with E-state index in [1.807, 2.05) is 0 Å². The molecular formula is C22H26Br3N. The standard InChI is InChI=1S/C22H26Br3N/c23-13-7-5-3-1-2-4-6-8-14-26-21-15-17(24)9-11-19(21)20-12-10-18(25)16-22(20)26/h9-12,15-16H,1-8,13-14H2. The van der Waals surface area contributed by atoms with Gasteiger partial charge in [-0.05, 0) is 37.1 Å². The lowest BCUT2D eigenvalue weighted by molar-refractivity contribution is 0.554. The second-order valence-corrected chi connectivity index (χ2v) is 9.62. The molecule has 1 aromatic heterocycles. The van der Waals surface area contributed by atoms with Crippen LogP contribution in [0.25, 0.3) is 21.8 Å². The lowest BCUT2D eigenvalue weighted by Crippen LogP contribution is -1.98.